The first-order valence-corrected chi connectivity index (χ1v) is 6.48. The zero-order valence-corrected chi connectivity index (χ0v) is 11.6. The van der Waals surface area contributed by atoms with Gasteiger partial charge in [0.25, 0.3) is 0 Å². The zero-order valence-electron chi connectivity index (χ0n) is 11.6. The highest BCUT2D eigenvalue weighted by molar-refractivity contribution is 5.67. The molecule has 0 heterocycles. The van der Waals surface area contributed by atoms with Crippen LogP contribution in [0.1, 0.15) is 36.5 Å². The van der Waals surface area contributed by atoms with Crippen LogP contribution < -0.4 is 5.32 Å². The molecule has 1 N–H and O–H groups in total. The van der Waals surface area contributed by atoms with Crippen molar-refractivity contribution in [3.05, 3.63) is 59.2 Å². The predicted molar refractivity (Wildman–Crippen MR) is 79.7 cm³/mol. The maximum atomic E-state index is 8.81. The zero-order chi connectivity index (χ0) is 13.8. The van der Waals surface area contributed by atoms with Gasteiger partial charge < -0.3 is 5.32 Å². The number of nitriles is 1. The molecular formula is C17H18N2. The van der Waals surface area contributed by atoms with E-state index in [-0.39, 0.29) is 0 Å². The van der Waals surface area contributed by atoms with Crippen LogP contribution in [0.15, 0.2) is 42.5 Å². The molecule has 0 bridgehead atoms. The topological polar surface area (TPSA) is 35.8 Å². The molecule has 2 aromatic rings. The van der Waals surface area contributed by atoms with Crippen molar-refractivity contribution >= 4 is 11.4 Å². The van der Waals surface area contributed by atoms with E-state index >= 15 is 0 Å². The summed E-state index contributed by atoms with van der Waals surface area (Å²) in [5.74, 6) is 0.473. The lowest BCUT2D eigenvalue weighted by Gasteiger charge is -2.17. The average Bonchev–Trinajstić information content (AvgIpc) is 2.41. The van der Waals surface area contributed by atoms with Gasteiger partial charge >= 0.3 is 0 Å². The summed E-state index contributed by atoms with van der Waals surface area (Å²) in [6, 6.07) is 16.0. The van der Waals surface area contributed by atoms with E-state index in [1.807, 2.05) is 24.3 Å². The van der Waals surface area contributed by atoms with E-state index < -0.39 is 0 Å². The molecule has 2 nitrogen and oxygen atoms in total. The third-order valence-electron chi connectivity index (χ3n) is 3.21. The van der Waals surface area contributed by atoms with Crippen molar-refractivity contribution in [2.45, 2.75) is 26.7 Å². The molecule has 0 fully saturated rings. The number of nitrogens with one attached hydrogen (secondary N) is 1. The van der Waals surface area contributed by atoms with Crippen molar-refractivity contribution in [1.29, 1.82) is 5.26 Å². The molecule has 0 aliphatic carbocycles. The van der Waals surface area contributed by atoms with Gasteiger partial charge in [-0.3, -0.25) is 0 Å². The van der Waals surface area contributed by atoms with Gasteiger partial charge in [0.05, 0.1) is 11.6 Å². The summed E-state index contributed by atoms with van der Waals surface area (Å²) < 4.78 is 0. The van der Waals surface area contributed by atoms with Crippen LogP contribution in [0.25, 0.3) is 0 Å². The van der Waals surface area contributed by atoms with Crippen LogP contribution in [-0.2, 0) is 0 Å². The normalized spacial score (nSPS) is 10.3. The van der Waals surface area contributed by atoms with Crippen molar-refractivity contribution in [2.24, 2.45) is 0 Å². The first kappa shape index (κ1) is 13.2. The minimum Gasteiger partial charge on any atom is -0.355 e. The highest BCUT2D eigenvalue weighted by atomic mass is 14.9. The van der Waals surface area contributed by atoms with E-state index in [4.69, 9.17) is 5.26 Å². The molecule has 0 aliphatic rings. The molecular weight excluding hydrogens is 232 g/mol. The van der Waals surface area contributed by atoms with Gasteiger partial charge in [0.2, 0.25) is 0 Å². The number of anilines is 2. The summed E-state index contributed by atoms with van der Waals surface area (Å²) in [6.07, 6.45) is 0. The Morgan fingerprint density at radius 2 is 1.74 bits per heavy atom. The van der Waals surface area contributed by atoms with Gasteiger partial charge in [0, 0.05) is 11.4 Å². The lowest BCUT2D eigenvalue weighted by Crippen LogP contribution is -2.00. The lowest BCUT2D eigenvalue weighted by molar-refractivity contribution is 0.867. The van der Waals surface area contributed by atoms with Crippen LogP contribution >= 0.6 is 0 Å². The minimum absolute atomic E-state index is 0.473. The molecule has 19 heavy (non-hydrogen) atoms. The van der Waals surface area contributed by atoms with Crippen LogP contribution in [-0.4, -0.2) is 0 Å². The molecule has 0 saturated heterocycles. The van der Waals surface area contributed by atoms with E-state index in [2.05, 4.69) is 50.4 Å². The largest absolute Gasteiger partial charge is 0.355 e. The van der Waals surface area contributed by atoms with Gasteiger partial charge in [-0.1, -0.05) is 32.0 Å². The smallest absolute Gasteiger partial charge is 0.0991 e. The number of para-hydroxylation sites is 1. The maximum Gasteiger partial charge on any atom is 0.0991 e. The predicted octanol–water partition coefficient (Wildman–Crippen LogP) is 4.73. The standard InChI is InChI=1S/C17H18N2/c1-12(2)16-6-4-5-13(3)17(16)19-15-9-7-14(11-18)8-10-15/h4-10,12,19H,1-3H3. The van der Waals surface area contributed by atoms with Gasteiger partial charge in [0.1, 0.15) is 0 Å². The average molecular weight is 250 g/mol. The Bertz CT molecular complexity index is 604. The summed E-state index contributed by atoms with van der Waals surface area (Å²) in [7, 11) is 0. The van der Waals surface area contributed by atoms with E-state index in [0.717, 1.165) is 5.69 Å². The first-order chi connectivity index (χ1) is 9.11. The fourth-order valence-electron chi connectivity index (χ4n) is 2.11. The quantitative estimate of drug-likeness (QED) is 0.854. The minimum atomic E-state index is 0.473. The van der Waals surface area contributed by atoms with Crippen molar-refractivity contribution in [1.82, 2.24) is 0 Å². The molecule has 0 aromatic heterocycles. The first-order valence-electron chi connectivity index (χ1n) is 6.48. The molecule has 96 valence electrons. The maximum absolute atomic E-state index is 8.81. The Balaban J connectivity index is 2.34. The highest BCUT2D eigenvalue weighted by Gasteiger charge is 2.09. The monoisotopic (exact) mass is 250 g/mol. The Hall–Kier alpha value is -2.27. The van der Waals surface area contributed by atoms with Crippen molar-refractivity contribution in [3.63, 3.8) is 0 Å². The second-order valence-corrected chi connectivity index (χ2v) is 5.01. The number of rotatable bonds is 3. The summed E-state index contributed by atoms with van der Waals surface area (Å²) >= 11 is 0. The van der Waals surface area contributed by atoms with Crippen LogP contribution in [0.4, 0.5) is 11.4 Å². The van der Waals surface area contributed by atoms with Gasteiger partial charge in [-0.25, -0.2) is 0 Å². The van der Waals surface area contributed by atoms with E-state index in [1.54, 1.807) is 0 Å². The number of aryl methyl sites for hydroxylation is 1. The molecule has 2 aromatic carbocycles. The molecule has 0 spiro atoms. The van der Waals surface area contributed by atoms with E-state index in [1.165, 1.54) is 16.8 Å². The fraction of sp³-hybridized carbons (Fsp3) is 0.235. The van der Waals surface area contributed by atoms with Gasteiger partial charge in [0.15, 0.2) is 0 Å². The molecule has 0 unspecified atom stereocenters. The highest BCUT2D eigenvalue weighted by Crippen LogP contribution is 2.30. The number of nitrogens with zero attached hydrogens (tertiary/aromatic N) is 1. The third-order valence-corrected chi connectivity index (χ3v) is 3.21. The van der Waals surface area contributed by atoms with E-state index in [0.29, 0.717) is 11.5 Å². The lowest BCUT2D eigenvalue weighted by atomic mass is 9.98. The van der Waals surface area contributed by atoms with E-state index in [9.17, 15) is 0 Å². The summed E-state index contributed by atoms with van der Waals surface area (Å²) in [5.41, 5.74) is 5.40. The van der Waals surface area contributed by atoms with Crippen LogP contribution in [0.2, 0.25) is 0 Å². The SMILES string of the molecule is Cc1cccc(C(C)C)c1Nc1ccc(C#N)cc1. The molecule has 0 saturated carbocycles. The molecule has 2 heteroatoms. The summed E-state index contributed by atoms with van der Waals surface area (Å²) in [5, 5.41) is 12.3. The van der Waals surface area contributed by atoms with Crippen molar-refractivity contribution < 1.29 is 0 Å². The Morgan fingerprint density at radius 1 is 1.05 bits per heavy atom. The Kier molecular flexibility index (Phi) is 3.87. The third kappa shape index (κ3) is 2.95. The second kappa shape index (κ2) is 5.58. The van der Waals surface area contributed by atoms with Crippen LogP contribution in [0.3, 0.4) is 0 Å². The Morgan fingerprint density at radius 3 is 2.32 bits per heavy atom. The molecule has 0 atom stereocenters. The van der Waals surface area contributed by atoms with Gasteiger partial charge in [-0.05, 0) is 48.2 Å². The van der Waals surface area contributed by atoms with Crippen LogP contribution in [0.5, 0.6) is 0 Å². The van der Waals surface area contributed by atoms with Gasteiger partial charge in [-0.15, -0.1) is 0 Å². The second-order valence-electron chi connectivity index (χ2n) is 5.01. The number of hydrogen-bond donors (Lipinski definition) is 1. The molecule has 0 amide bonds. The van der Waals surface area contributed by atoms with Crippen LogP contribution in [0, 0.1) is 18.3 Å². The summed E-state index contributed by atoms with van der Waals surface area (Å²) in [4.78, 5) is 0. The van der Waals surface area contributed by atoms with Gasteiger partial charge in [-0.2, -0.15) is 5.26 Å². The number of benzene rings is 2. The summed E-state index contributed by atoms with van der Waals surface area (Å²) in [6.45, 7) is 6.50. The molecule has 0 radical (unpaired) electrons. The Labute approximate surface area is 114 Å². The fourth-order valence-corrected chi connectivity index (χ4v) is 2.11. The molecule has 0 aliphatic heterocycles. The molecule has 2 rings (SSSR count). The van der Waals surface area contributed by atoms with Crippen molar-refractivity contribution in [2.75, 3.05) is 5.32 Å². The van der Waals surface area contributed by atoms with Crippen molar-refractivity contribution in [3.8, 4) is 6.07 Å². The number of hydrogen-bond acceptors (Lipinski definition) is 2.